The predicted molar refractivity (Wildman–Crippen MR) is 102 cm³/mol. The zero-order valence-corrected chi connectivity index (χ0v) is 16.0. The molecule has 1 N–H and O–H groups in total. The Kier molecular flexibility index (Phi) is 5.59. The molecular weight excluding hydrogens is 372 g/mol. The van der Waals surface area contributed by atoms with Crippen molar-refractivity contribution in [1.29, 1.82) is 0 Å². The second-order valence-electron chi connectivity index (χ2n) is 6.65. The Balaban J connectivity index is 1.62. The van der Waals surface area contributed by atoms with E-state index in [0.717, 1.165) is 0 Å². The van der Waals surface area contributed by atoms with Crippen molar-refractivity contribution in [2.24, 2.45) is 0 Å². The van der Waals surface area contributed by atoms with Crippen molar-refractivity contribution in [2.45, 2.75) is 26.1 Å². The van der Waals surface area contributed by atoms with Crippen LogP contribution in [-0.4, -0.2) is 60.2 Å². The van der Waals surface area contributed by atoms with Gasteiger partial charge in [-0.25, -0.2) is 13.4 Å². The second-order valence-corrected chi connectivity index (χ2v) is 8.74. The maximum Gasteiger partial charge on any atom is 0.270 e. The largest absolute Gasteiger partial charge is 0.373 e. The third kappa shape index (κ3) is 4.71. The van der Waals surface area contributed by atoms with Gasteiger partial charge >= 0.3 is 0 Å². The van der Waals surface area contributed by atoms with E-state index in [2.05, 4.69) is 10.3 Å². The molecule has 2 atom stereocenters. The molecule has 0 amide bonds. The average molecular weight is 394 g/mol. The van der Waals surface area contributed by atoms with E-state index in [1.54, 1.807) is 18.2 Å². The van der Waals surface area contributed by atoms with Crippen molar-refractivity contribution in [2.75, 3.05) is 30.7 Å². The number of rotatable bonds is 6. The lowest BCUT2D eigenvalue weighted by molar-refractivity contribution is -0.384. The molecule has 0 spiro atoms. The number of anilines is 1. The van der Waals surface area contributed by atoms with E-state index in [1.807, 2.05) is 13.8 Å². The van der Waals surface area contributed by atoms with Gasteiger partial charge in [-0.05, 0) is 32.0 Å². The predicted octanol–water partition coefficient (Wildman–Crippen LogP) is 1.99. The smallest absolute Gasteiger partial charge is 0.270 e. The Morgan fingerprint density at radius 1 is 1.26 bits per heavy atom. The number of benzene rings is 1. The van der Waals surface area contributed by atoms with E-state index in [9.17, 15) is 18.5 Å². The molecule has 1 aromatic heterocycles. The lowest BCUT2D eigenvalue weighted by Gasteiger charge is -2.34. The summed E-state index contributed by atoms with van der Waals surface area (Å²) >= 11 is 0. The number of hydrogen-bond donors (Lipinski definition) is 1. The van der Waals surface area contributed by atoms with Gasteiger partial charge in [-0.15, -0.1) is 0 Å². The van der Waals surface area contributed by atoms with E-state index in [1.165, 1.54) is 16.4 Å². The topological polar surface area (TPSA) is 115 Å². The molecule has 0 bridgehead atoms. The molecule has 2 aromatic rings. The normalized spacial score (nSPS) is 21.3. The van der Waals surface area contributed by atoms with E-state index >= 15 is 0 Å². The number of aromatic nitrogens is 1. The Bertz CT molecular complexity index is 939. The molecule has 2 heterocycles. The molecular formula is C17H22N4O5S. The number of pyridine rings is 1. The third-order valence-electron chi connectivity index (χ3n) is 4.33. The average Bonchev–Trinajstić information content (AvgIpc) is 2.60. The summed E-state index contributed by atoms with van der Waals surface area (Å²) in [5.74, 6) is 0.474. The summed E-state index contributed by atoms with van der Waals surface area (Å²) in [6, 6.07) is 7.82. The van der Waals surface area contributed by atoms with Gasteiger partial charge in [0.15, 0.2) is 0 Å². The summed E-state index contributed by atoms with van der Waals surface area (Å²) in [6.45, 7) is 4.66. The van der Waals surface area contributed by atoms with E-state index in [4.69, 9.17) is 4.74 Å². The maximum atomic E-state index is 12.5. The van der Waals surface area contributed by atoms with E-state index < -0.39 is 14.9 Å². The van der Waals surface area contributed by atoms with Gasteiger partial charge in [0.1, 0.15) is 5.82 Å². The van der Waals surface area contributed by atoms with Crippen molar-refractivity contribution < 1.29 is 18.1 Å². The molecule has 0 unspecified atom stereocenters. The first kappa shape index (κ1) is 19.5. The number of fused-ring (bicyclic) bond motifs is 1. The molecule has 1 saturated heterocycles. The fourth-order valence-corrected chi connectivity index (χ4v) is 4.61. The quantitative estimate of drug-likeness (QED) is 0.588. The first-order valence-electron chi connectivity index (χ1n) is 8.67. The highest BCUT2D eigenvalue weighted by atomic mass is 32.2. The first-order valence-corrected chi connectivity index (χ1v) is 10.3. The number of morpholine rings is 1. The number of nitrogens with one attached hydrogen (secondary N) is 1. The number of nitrogens with zero attached hydrogens (tertiary/aromatic N) is 3. The Morgan fingerprint density at radius 2 is 1.96 bits per heavy atom. The van der Waals surface area contributed by atoms with Crippen molar-refractivity contribution in [3.05, 3.63) is 40.4 Å². The fraction of sp³-hybridized carbons (Fsp3) is 0.471. The fourth-order valence-electron chi connectivity index (χ4n) is 3.12. The van der Waals surface area contributed by atoms with Gasteiger partial charge < -0.3 is 10.1 Å². The minimum Gasteiger partial charge on any atom is -0.373 e. The number of sulfonamides is 1. The van der Waals surface area contributed by atoms with Gasteiger partial charge in [0.25, 0.3) is 5.69 Å². The summed E-state index contributed by atoms with van der Waals surface area (Å²) in [6.07, 6.45) is -0.245. The molecule has 1 aliphatic heterocycles. The number of hydrogen-bond acceptors (Lipinski definition) is 7. The Labute approximate surface area is 157 Å². The van der Waals surface area contributed by atoms with Crippen molar-refractivity contribution in [1.82, 2.24) is 9.29 Å². The van der Waals surface area contributed by atoms with Crippen LogP contribution < -0.4 is 5.32 Å². The monoisotopic (exact) mass is 394 g/mol. The van der Waals surface area contributed by atoms with Crippen LogP contribution in [0.3, 0.4) is 0 Å². The summed E-state index contributed by atoms with van der Waals surface area (Å²) in [5, 5.41) is 14.5. The lowest BCUT2D eigenvalue weighted by Crippen LogP contribution is -2.49. The highest BCUT2D eigenvalue weighted by molar-refractivity contribution is 7.89. The molecule has 0 aliphatic carbocycles. The van der Waals surface area contributed by atoms with Crippen LogP contribution in [0, 0.1) is 10.1 Å². The Hall–Kier alpha value is -2.30. The number of nitro groups is 1. The highest BCUT2D eigenvalue weighted by Gasteiger charge is 2.30. The standard InChI is InChI=1S/C17H22N4O5S/c1-12-10-20(11-13(2)26-12)27(24,25)8-7-18-17-6-3-14-9-15(21(22)23)4-5-16(14)19-17/h3-6,9,12-13H,7-8,10-11H2,1-2H3,(H,18,19)/t12-,13+. The summed E-state index contributed by atoms with van der Waals surface area (Å²) in [4.78, 5) is 14.7. The summed E-state index contributed by atoms with van der Waals surface area (Å²) < 4.78 is 32.1. The van der Waals surface area contributed by atoms with Gasteiger partial charge in [0, 0.05) is 37.2 Å². The first-order chi connectivity index (χ1) is 12.7. The number of non-ortho nitro benzene ring substituents is 1. The molecule has 1 aromatic carbocycles. The molecule has 9 nitrogen and oxygen atoms in total. The van der Waals surface area contributed by atoms with Gasteiger partial charge in [0.05, 0.1) is 28.4 Å². The number of nitro benzene ring substituents is 1. The summed E-state index contributed by atoms with van der Waals surface area (Å²) in [7, 11) is -3.39. The van der Waals surface area contributed by atoms with Crippen LogP contribution in [0.5, 0.6) is 0 Å². The molecule has 3 rings (SSSR count). The maximum absolute atomic E-state index is 12.5. The lowest BCUT2D eigenvalue weighted by atomic mass is 10.2. The molecule has 10 heteroatoms. The van der Waals surface area contributed by atoms with Crippen molar-refractivity contribution in [3.8, 4) is 0 Å². The molecule has 0 saturated carbocycles. The summed E-state index contributed by atoms with van der Waals surface area (Å²) in [5.41, 5.74) is 0.606. The highest BCUT2D eigenvalue weighted by Crippen LogP contribution is 2.21. The van der Waals surface area contributed by atoms with Crippen LogP contribution in [0.4, 0.5) is 11.5 Å². The Morgan fingerprint density at radius 3 is 2.63 bits per heavy atom. The van der Waals surface area contributed by atoms with Crippen LogP contribution >= 0.6 is 0 Å². The second kappa shape index (κ2) is 7.75. The van der Waals surface area contributed by atoms with E-state index in [0.29, 0.717) is 29.8 Å². The van der Waals surface area contributed by atoms with Crippen LogP contribution in [-0.2, 0) is 14.8 Å². The van der Waals surface area contributed by atoms with Gasteiger partial charge in [-0.3, -0.25) is 10.1 Å². The van der Waals surface area contributed by atoms with E-state index in [-0.39, 0.29) is 30.2 Å². The molecule has 1 aliphatic rings. The SMILES string of the molecule is C[C@@H]1CN(S(=O)(=O)CCNc2ccc3cc([N+](=O)[O-])ccc3n2)C[C@H](C)O1. The van der Waals surface area contributed by atoms with Crippen LogP contribution in [0.25, 0.3) is 10.9 Å². The van der Waals surface area contributed by atoms with Gasteiger partial charge in [0.2, 0.25) is 10.0 Å². The number of ether oxygens (including phenoxy) is 1. The third-order valence-corrected chi connectivity index (χ3v) is 6.13. The van der Waals surface area contributed by atoms with Gasteiger partial charge in [-0.2, -0.15) is 4.31 Å². The zero-order valence-electron chi connectivity index (χ0n) is 15.2. The van der Waals surface area contributed by atoms with Crippen LogP contribution in [0.1, 0.15) is 13.8 Å². The molecule has 1 fully saturated rings. The molecule has 27 heavy (non-hydrogen) atoms. The molecule has 0 radical (unpaired) electrons. The molecule has 146 valence electrons. The van der Waals surface area contributed by atoms with Crippen LogP contribution in [0.15, 0.2) is 30.3 Å². The minimum absolute atomic E-state index is 0.00469. The van der Waals surface area contributed by atoms with Crippen molar-refractivity contribution in [3.63, 3.8) is 0 Å². The van der Waals surface area contributed by atoms with Gasteiger partial charge in [-0.1, -0.05) is 0 Å². The zero-order chi connectivity index (χ0) is 19.6. The minimum atomic E-state index is -3.39. The van der Waals surface area contributed by atoms with Crippen LogP contribution in [0.2, 0.25) is 0 Å². The van der Waals surface area contributed by atoms with Crippen molar-refractivity contribution >= 4 is 32.4 Å².